The molecule has 1 saturated heterocycles. The standard InChI is InChI=1S/C32H35F5N2O6S/c1-3-31(33,34)44-20-25-17-27(45-26-13-9-23(10-14-26)32(35,36)37)18-39(25)24-11-5-22(6-12-24)30(41)38-29(19-40)21-7-15-28(16-8-21)46(42,43)4-2/h5-16,25,27,29,40H,3-4,17-20H2,1-2H3,(H,38,41)/t25-,27+,29-/m0/s1. The first-order valence-corrected chi connectivity index (χ1v) is 16.3. The molecule has 1 aliphatic rings. The molecule has 8 nitrogen and oxygen atoms in total. The lowest BCUT2D eigenvalue weighted by Crippen LogP contribution is -2.36. The van der Waals surface area contributed by atoms with Crippen molar-refractivity contribution in [1.82, 2.24) is 5.32 Å². The van der Waals surface area contributed by atoms with Gasteiger partial charge in [-0.2, -0.15) is 22.0 Å². The van der Waals surface area contributed by atoms with Crippen molar-refractivity contribution in [1.29, 1.82) is 0 Å². The Balaban J connectivity index is 1.46. The predicted molar refractivity (Wildman–Crippen MR) is 161 cm³/mol. The normalized spacial score (nSPS) is 18.0. The predicted octanol–water partition coefficient (Wildman–Crippen LogP) is 6.01. The lowest BCUT2D eigenvalue weighted by atomic mass is 10.1. The van der Waals surface area contributed by atoms with E-state index in [-0.39, 0.29) is 41.5 Å². The van der Waals surface area contributed by atoms with Crippen LogP contribution in [0.1, 0.15) is 54.2 Å². The van der Waals surface area contributed by atoms with Gasteiger partial charge in [-0.05, 0) is 66.2 Å². The van der Waals surface area contributed by atoms with Crippen molar-refractivity contribution in [3.05, 3.63) is 89.5 Å². The van der Waals surface area contributed by atoms with Crippen LogP contribution in [0, 0.1) is 0 Å². The van der Waals surface area contributed by atoms with Crippen molar-refractivity contribution >= 4 is 21.4 Å². The minimum atomic E-state index is -4.50. The van der Waals surface area contributed by atoms with Gasteiger partial charge in [0.15, 0.2) is 9.84 Å². The van der Waals surface area contributed by atoms with Crippen molar-refractivity contribution in [3.63, 3.8) is 0 Å². The Morgan fingerprint density at radius 3 is 2.15 bits per heavy atom. The van der Waals surface area contributed by atoms with Crippen LogP contribution in [0.15, 0.2) is 77.7 Å². The van der Waals surface area contributed by atoms with Crippen LogP contribution in [0.25, 0.3) is 0 Å². The second kappa shape index (κ2) is 14.3. The van der Waals surface area contributed by atoms with Crippen LogP contribution in [-0.2, 0) is 20.8 Å². The first-order chi connectivity index (χ1) is 21.7. The number of nitrogens with zero attached hydrogens (tertiary/aromatic N) is 1. The molecule has 1 fully saturated rings. The summed E-state index contributed by atoms with van der Waals surface area (Å²) >= 11 is 0. The molecule has 0 bridgehead atoms. The van der Waals surface area contributed by atoms with Gasteiger partial charge in [-0.15, -0.1) is 0 Å². The monoisotopic (exact) mass is 670 g/mol. The number of rotatable bonds is 13. The largest absolute Gasteiger partial charge is 0.489 e. The number of hydrogen-bond acceptors (Lipinski definition) is 7. The summed E-state index contributed by atoms with van der Waals surface area (Å²) in [6, 6.07) is 15.0. The van der Waals surface area contributed by atoms with E-state index in [1.54, 1.807) is 17.0 Å². The fraction of sp³-hybridized carbons (Fsp3) is 0.406. The Morgan fingerprint density at radius 1 is 0.978 bits per heavy atom. The van der Waals surface area contributed by atoms with E-state index in [9.17, 15) is 40.3 Å². The molecule has 0 radical (unpaired) electrons. The number of carbonyl (C=O) groups is 1. The van der Waals surface area contributed by atoms with Gasteiger partial charge in [0.25, 0.3) is 5.91 Å². The molecule has 3 aromatic rings. The smallest absolute Gasteiger partial charge is 0.416 e. The van der Waals surface area contributed by atoms with Crippen LogP contribution in [-0.4, -0.2) is 63.2 Å². The zero-order chi connectivity index (χ0) is 33.7. The zero-order valence-corrected chi connectivity index (χ0v) is 26.0. The summed E-state index contributed by atoms with van der Waals surface area (Å²) in [5.41, 5.74) is 0.505. The highest BCUT2D eigenvalue weighted by molar-refractivity contribution is 7.91. The summed E-state index contributed by atoms with van der Waals surface area (Å²) in [5, 5.41) is 12.6. The Labute approximate surface area is 264 Å². The third kappa shape index (κ3) is 8.74. The number of nitrogens with one attached hydrogen (secondary N) is 1. The SMILES string of the molecule is CCC(F)(F)OC[C@@H]1C[C@@H](Oc2ccc(C(F)(F)F)cc2)CN1c1ccc(C(=O)N[C@@H](CO)c2ccc(S(=O)(=O)CC)cc2)cc1. The molecule has 4 rings (SSSR count). The summed E-state index contributed by atoms with van der Waals surface area (Å²) in [7, 11) is -3.41. The average Bonchev–Trinajstić information content (AvgIpc) is 3.45. The van der Waals surface area contributed by atoms with Crippen molar-refractivity contribution in [3.8, 4) is 5.75 Å². The summed E-state index contributed by atoms with van der Waals surface area (Å²) in [6.45, 7) is 2.26. The number of alkyl halides is 5. The summed E-state index contributed by atoms with van der Waals surface area (Å²) in [4.78, 5) is 14.9. The van der Waals surface area contributed by atoms with E-state index in [0.29, 0.717) is 11.3 Å². The topological polar surface area (TPSA) is 105 Å². The van der Waals surface area contributed by atoms with Gasteiger partial charge in [0.05, 0.1) is 48.1 Å². The van der Waals surface area contributed by atoms with Gasteiger partial charge in [-0.3, -0.25) is 4.79 Å². The number of carbonyl (C=O) groups excluding carboxylic acids is 1. The molecule has 1 aliphatic heterocycles. The number of hydrogen-bond donors (Lipinski definition) is 2. The van der Waals surface area contributed by atoms with Crippen molar-refractivity contribution in [2.75, 3.05) is 30.4 Å². The molecule has 0 unspecified atom stereocenters. The fourth-order valence-electron chi connectivity index (χ4n) is 5.02. The molecule has 3 atom stereocenters. The summed E-state index contributed by atoms with van der Waals surface area (Å²) in [5.74, 6) is -0.375. The second-order valence-corrected chi connectivity index (χ2v) is 13.1. The minimum Gasteiger partial charge on any atom is -0.489 e. The third-order valence-corrected chi connectivity index (χ3v) is 9.48. The van der Waals surface area contributed by atoms with E-state index in [1.807, 2.05) is 0 Å². The van der Waals surface area contributed by atoms with Crippen LogP contribution < -0.4 is 15.0 Å². The van der Waals surface area contributed by atoms with Crippen LogP contribution in [0.3, 0.4) is 0 Å². The molecule has 1 amide bonds. The number of amides is 1. The number of sulfone groups is 1. The number of aliphatic hydroxyl groups excluding tert-OH is 1. The van der Waals surface area contributed by atoms with Crippen LogP contribution in [0.5, 0.6) is 5.75 Å². The first-order valence-electron chi connectivity index (χ1n) is 14.6. The number of ether oxygens (including phenoxy) is 2. The number of benzene rings is 3. The Hall–Kier alpha value is -3.75. The Morgan fingerprint density at radius 2 is 1.61 bits per heavy atom. The molecule has 0 spiro atoms. The van der Waals surface area contributed by atoms with Crippen molar-refractivity contribution in [2.45, 2.75) is 62.1 Å². The van der Waals surface area contributed by atoms with E-state index in [0.717, 1.165) is 12.1 Å². The lowest BCUT2D eigenvalue weighted by molar-refractivity contribution is -0.241. The van der Waals surface area contributed by atoms with Gasteiger partial charge in [-0.1, -0.05) is 26.0 Å². The highest BCUT2D eigenvalue weighted by Crippen LogP contribution is 2.33. The zero-order valence-electron chi connectivity index (χ0n) is 25.1. The summed E-state index contributed by atoms with van der Waals surface area (Å²) in [6.07, 6.45) is -8.66. The van der Waals surface area contributed by atoms with Gasteiger partial charge in [0.2, 0.25) is 0 Å². The lowest BCUT2D eigenvalue weighted by Gasteiger charge is -2.28. The maximum atomic E-state index is 13.9. The summed E-state index contributed by atoms with van der Waals surface area (Å²) < 4.78 is 102. The molecule has 2 N–H and O–H groups in total. The molecule has 0 aromatic heterocycles. The Kier molecular flexibility index (Phi) is 11.0. The highest BCUT2D eigenvalue weighted by Gasteiger charge is 2.37. The van der Waals surface area contributed by atoms with Gasteiger partial charge in [0, 0.05) is 24.1 Å². The Bertz CT molecular complexity index is 1570. The molecule has 14 heteroatoms. The molecule has 0 saturated carbocycles. The molecule has 46 heavy (non-hydrogen) atoms. The fourth-order valence-corrected chi connectivity index (χ4v) is 5.91. The third-order valence-electron chi connectivity index (χ3n) is 7.73. The maximum absolute atomic E-state index is 13.9. The molecule has 0 aliphatic carbocycles. The average molecular weight is 671 g/mol. The quantitative estimate of drug-likeness (QED) is 0.215. The van der Waals surface area contributed by atoms with Crippen LogP contribution >= 0.6 is 0 Å². The van der Waals surface area contributed by atoms with Crippen molar-refractivity contribution in [2.24, 2.45) is 0 Å². The van der Waals surface area contributed by atoms with Gasteiger partial charge >= 0.3 is 12.3 Å². The van der Waals surface area contributed by atoms with E-state index in [1.165, 1.54) is 62.4 Å². The molecule has 3 aromatic carbocycles. The van der Waals surface area contributed by atoms with E-state index < -0.39 is 64.8 Å². The van der Waals surface area contributed by atoms with Crippen molar-refractivity contribution < 1.29 is 49.7 Å². The van der Waals surface area contributed by atoms with E-state index in [4.69, 9.17) is 9.47 Å². The molecular weight excluding hydrogens is 635 g/mol. The highest BCUT2D eigenvalue weighted by atomic mass is 32.2. The number of halogens is 5. The van der Waals surface area contributed by atoms with E-state index in [2.05, 4.69) is 5.32 Å². The maximum Gasteiger partial charge on any atom is 0.416 e. The van der Waals surface area contributed by atoms with Gasteiger partial charge in [0.1, 0.15) is 11.9 Å². The van der Waals surface area contributed by atoms with Gasteiger partial charge in [-0.25, -0.2) is 8.42 Å². The molecular formula is C32H35F5N2O6S. The first kappa shape index (κ1) is 35.1. The second-order valence-electron chi connectivity index (χ2n) is 10.8. The van der Waals surface area contributed by atoms with Crippen LogP contribution in [0.2, 0.25) is 0 Å². The number of aliphatic hydroxyl groups is 1. The van der Waals surface area contributed by atoms with Gasteiger partial charge < -0.3 is 24.8 Å². The molecule has 1 heterocycles. The van der Waals surface area contributed by atoms with Crippen LogP contribution in [0.4, 0.5) is 27.6 Å². The number of anilines is 1. The molecule has 250 valence electrons. The van der Waals surface area contributed by atoms with E-state index >= 15 is 0 Å². The minimum absolute atomic E-state index is 0.0637.